The predicted octanol–water partition coefficient (Wildman–Crippen LogP) is 2.43. The van der Waals surface area contributed by atoms with Crippen LogP contribution in [0, 0.1) is 5.82 Å². The van der Waals surface area contributed by atoms with E-state index in [9.17, 15) is 4.39 Å². The predicted molar refractivity (Wildman–Crippen MR) is 121 cm³/mol. The Kier molecular flexibility index (Phi) is 8.94. The molecule has 1 aliphatic rings. The van der Waals surface area contributed by atoms with Gasteiger partial charge < -0.3 is 20.1 Å². The number of anilines is 1. The lowest BCUT2D eigenvalue weighted by molar-refractivity contribution is 0.460. The van der Waals surface area contributed by atoms with Crippen LogP contribution in [0.2, 0.25) is 0 Å². The summed E-state index contributed by atoms with van der Waals surface area (Å²) in [6.45, 7) is 5.43. The van der Waals surface area contributed by atoms with E-state index in [4.69, 9.17) is 0 Å². The van der Waals surface area contributed by atoms with Crippen LogP contribution in [0.15, 0.2) is 35.6 Å². The van der Waals surface area contributed by atoms with Crippen molar-refractivity contribution < 1.29 is 4.39 Å². The number of rotatable bonds is 6. The van der Waals surface area contributed by atoms with Crippen molar-refractivity contribution in [3.63, 3.8) is 0 Å². The van der Waals surface area contributed by atoms with Gasteiger partial charge in [-0.2, -0.15) is 0 Å². The molecule has 9 heteroatoms. The summed E-state index contributed by atoms with van der Waals surface area (Å²) in [5.41, 5.74) is 0.955. The third-order valence-electron chi connectivity index (χ3n) is 4.89. The van der Waals surface area contributed by atoms with Crippen molar-refractivity contribution in [2.24, 2.45) is 4.99 Å². The molecule has 28 heavy (non-hydrogen) atoms. The minimum absolute atomic E-state index is 0. The van der Waals surface area contributed by atoms with Crippen molar-refractivity contribution in [2.75, 3.05) is 31.6 Å². The molecule has 0 spiro atoms. The molecule has 1 aromatic carbocycles. The molecular weight excluding hydrogens is 472 g/mol. The Morgan fingerprint density at radius 1 is 1.32 bits per heavy atom. The highest BCUT2D eigenvalue weighted by Gasteiger charge is 2.20. The normalized spacial score (nSPS) is 15.2. The van der Waals surface area contributed by atoms with E-state index in [0.29, 0.717) is 6.04 Å². The molecule has 0 bridgehead atoms. The molecule has 0 saturated carbocycles. The third-order valence-corrected chi connectivity index (χ3v) is 4.89. The number of benzene rings is 1. The molecule has 0 aliphatic carbocycles. The maximum absolute atomic E-state index is 13.4. The first kappa shape index (κ1) is 22.4. The minimum Gasteiger partial charge on any atom is -0.371 e. The lowest BCUT2D eigenvalue weighted by atomic mass is 10.0. The Bertz CT molecular complexity index is 756. The maximum Gasteiger partial charge on any atom is 0.191 e. The van der Waals surface area contributed by atoms with Crippen LogP contribution in [0.5, 0.6) is 0 Å². The van der Waals surface area contributed by atoms with Gasteiger partial charge in [0.25, 0.3) is 0 Å². The minimum atomic E-state index is -0.184. The standard InChI is InChI=1S/C19H28FN7.HI/c1-3-18-25-23-14-27(18)12-9-22-19(21-2)24-16-7-10-26(11-8-16)17-6-4-5-15(20)13-17;/h4-6,13-14,16H,3,7-12H2,1-2H3,(H2,21,22,24);1H. The van der Waals surface area contributed by atoms with Gasteiger partial charge in [0.1, 0.15) is 18.0 Å². The molecule has 2 N–H and O–H groups in total. The van der Waals surface area contributed by atoms with Gasteiger partial charge >= 0.3 is 0 Å². The summed E-state index contributed by atoms with van der Waals surface area (Å²) in [5.74, 6) is 1.62. The summed E-state index contributed by atoms with van der Waals surface area (Å²) < 4.78 is 15.5. The number of hydrogen-bond donors (Lipinski definition) is 2. The van der Waals surface area contributed by atoms with Crippen molar-refractivity contribution in [1.29, 1.82) is 0 Å². The van der Waals surface area contributed by atoms with Crippen LogP contribution in [-0.4, -0.2) is 53.4 Å². The Balaban J connectivity index is 0.00000280. The number of aromatic nitrogens is 3. The fourth-order valence-corrected chi connectivity index (χ4v) is 3.38. The summed E-state index contributed by atoms with van der Waals surface area (Å²) in [5, 5.41) is 14.9. The maximum atomic E-state index is 13.4. The molecule has 0 amide bonds. The van der Waals surface area contributed by atoms with E-state index in [2.05, 4.69) is 42.2 Å². The van der Waals surface area contributed by atoms with Crippen LogP contribution in [-0.2, 0) is 13.0 Å². The van der Waals surface area contributed by atoms with Crippen LogP contribution >= 0.6 is 24.0 Å². The summed E-state index contributed by atoms with van der Waals surface area (Å²) in [4.78, 5) is 6.55. The summed E-state index contributed by atoms with van der Waals surface area (Å²) in [6, 6.07) is 7.18. The highest BCUT2D eigenvalue weighted by Crippen LogP contribution is 2.20. The van der Waals surface area contributed by atoms with E-state index in [1.807, 2.05) is 6.07 Å². The van der Waals surface area contributed by atoms with Crippen molar-refractivity contribution in [3.05, 3.63) is 42.2 Å². The van der Waals surface area contributed by atoms with Gasteiger partial charge in [-0.05, 0) is 31.0 Å². The summed E-state index contributed by atoms with van der Waals surface area (Å²) in [6.07, 6.45) is 4.61. The molecule has 1 saturated heterocycles. The van der Waals surface area contributed by atoms with E-state index in [0.717, 1.165) is 62.9 Å². The Labute approximate surface area is 182 Å². The van der Waals surface area contributed by atoms with Gasteiger partial charge in [-0.3, -0.25) is 4.99 Å². The summed E-state index contributed by atoms with van der Waals surface area (Å²) in [7, 11) is 1.79. The molecule has 1 fully saturated rings. The SMILES string of the molecule is CCc1nncn1CCNC(=NC)NC1CCN(c2cccc(F)c2)CC1.I. The molecule has 2 aromatic rings. The van der Waals surface area contributed by atoms with Gasteiger partial charge in [-0.25, -0.2) is 4.39 Å². The fourth-order valence-electron chi connectivity index (χ4n) is 3.38. The largest absolute Gasteiger partial charge is 0.371 e. The number of guanidine groups is 1. The van der Waals surface area contributed by atoms with Crippen molar-refractivity contribution >= 4 is 35.6 Å². The second-order valence-corrected chi connectivity index (χ2v) is 6.68. The van der Waals surface area contributed by atoms with Crippen molar-refractivity contribution in [1.82, 2.24) is 25.4 Å². The second-order valence-electron chi connectivity index (χ2n) is 6.68. The monoisotopic (exact) mass is 501 g/mol. The molecule has 2 heterocycles. The number of aliphatic imine (C=N–C) groups is 1. The molecule has 0 unspecified atom stereocenters. The molecule has 7 nitrogen and oxygen atoms in total. The highest BCUT2D eigenvalue weighted by molar-refractivity contribution is 14.0. The van der Waals surface area contributed by atoms with Crippen LogP contribution in [0.1, 0.15) is 25.6 Å². The quantitative estimate of drug-likeness (QED) is 0.362. The Morgan fingerprint density at radius 2 is 2.11 bits per heavy atom. The van der Waals surface area contributed by atoms with Crippen LogP contribution in [0.25, 0.3) is 0 Å². The smallest absolute Gasteiger partial charge is 0.191 e. The first-order valence-electron chi connectivity index (χ1n) is 9.54. The topological polar surface area (TPSA) is 70.4 Å². The van der Waals surface area contributed by atoms with E-state index < -0.39 is 0 Å². The van der Waals surface area contributed by atoms with Crippen LogP contribution in [0.4, 0.5) is 10.1 Å². The number of halogens is 2. The van der Waals surface area contributed by atoms with Gasteiger partial charge in [0.05, 0.1) is 0 Å². The number of piperidine rings is 1. The summed E-state index contributed by atoms with van der Waals surface area (Å²) >= 11 is 0. The zero-order valence-corrected chi connectivity index (χ0v) is 18.8. The first-order valence-corrected chi connectivity index (χ1v) is 9.54. The lowest BCUT2D eigenvalue weighted by Gasteiger charge is -2.34. The fraction of sp³-hybridized carbons (Fsp3) is 0.526. The molecule has 1 aliphatic heterocycles. The Morgan fingerprint density at radius 3 is 2.79 bits per heavy atom. The van der Waals surface area contributed by atoms with Gasteiger partial charge in [-0.15, -0.1) is 34.2 Å². The molecular formula is C19H29FIN7. The van der Waals surface area contributed by atoms with Crippen LogP contribution in [0.3, 0.4) is 0 Å². The van der Waals surface area contributed by atoms with E-state index >= 15 is 0 Å². The van der Waals surface area contributed by atoms with E-state index in [-0.39, 0.29) is 29.8 Å². The number of aryl methyl sites for hydroxylation is 1. The van der Waals surface area contributed by atoms with Gasteiger partial charge in [0, 0.05) is 51.4 Å². The highest BCUT2D eigenvalue weighted by atomic mass is 127. The van der Waals surface area contributed by atoms with E-state index in [1.54, 1.807) is 25.5 Å². The van der Waals surface area contributed by atoms with Gasteiger partial charge in [0.2, 0.25) is 0 Å². The zero-order valence-electron chi connectivity index (χ0n) is 16.4. The number of hydrogen-bond acceptors (Lipinski definition) is 4. The second kappa shape index (κ2) is 11.2. The molecule has 0 atom stereocenters. The van der Waals surface area contributed by atoms with Crippen molar-refractivity contribution in [3.8, 4) is 0 Å². The molecule has 3 rings (SSSR count). The Hall–Kier alpha value is -1.91. The van der Waals surface area contributed by atoms with Crippen molar-refractivity contribution in [2.45, 2.75) is 38.8 Å². The number of nitrogens with zero attached hydrogens (tertiary/aromatic N) is 5. The lowest BCUT2D eigenvalue weighted by Crippen LogP contribution is -2.49. The zero-order chi connectivity index (χ0) is 19.1. The molecule has 154 valence electrons. The van der Waals surface area contributed by atoms with Gasteiger partial charge in [-0.1, -0.05) is 13.0 Å². The molecule has 1 aromatic heterocycles. The molecule has 0 radical (unpaired) electrons. The van der Waals surface area contributed by atoms with Crippen LogP contribution < -0.4 is 15.5 Å². The first-order chi connectivity index (χ1) is 13.2. The number of nitrogens with one attached hydrogen (secondary N) is 2. The third kappa shape index (κ3) is 6.05. The average Bonchev–Trinajstić information content (AvgIpc) is 3.15. The van der Waals surface area contributed by atoms with Gasteiger partial charge in [0.15, 0.2) is 5.96 Å². The van der Waals surface area contributed by atoms with E-state index in [1.165, 1.54) is 6.07 Å². The average molecular weight is 501 g/mol.